The SMILES string of the molecule is O=C(NC1(CO)CCCC1)c1ccc(-c2ccccn2)nc1. The first-order valence-electron chi connectivity index (χ1n) is 7.53. The van der Waals surface area contributed by atoms with E-state index >= 15 is 0 Å². The average molecular weight is 297 g/mol. The van der Waals surface area contributed by atoms with Crippen LogP contribution in [-0.4, -0.2) is 33.1 Å². The summed E-state index contributed by atoms with van der Waals surface area (Å²) in [6.07, 6.45) is 7.00. The Morgan fingerprint density at radius 3 is 2.50 bits per heavy atom. The van der Waals surface area contributed by atoms with Crippen molar-refractivity contribution < 1.29 is 9.90 Å². The fourth-order valence-electron chi connectivity index (χ4n) is 2.88. The third kappa shape index (κ3) is 2.99. The summed E-state index contributed by atoms with van der Waals surface area (Å²) in [5.74, 6) is -0.184. The van der Waals surface area contributed by atoms with Crippen LogP contribution >= 0.6 is 0 Å². The van der Waals surface area contributed by atoms with Gasteiger partial charge in [-0.25, -0.2) is 0 Å². The second-order valence-electron chi connectivity index (χ2n) is 5.75. The Kier molecular flexibility index (Phi) is 4.15. The molecule has 3 rings (SSSR count). The minimum Gasteiger partial charge on any atom is -0.394 e. The highest BCUT2D eigenvalue weighted by Crippen LogP contribution is 2.29. The molecule has 0 radical (unpaired) electrons. The molecule has 114 valence electrons. The lowest BCUT2D eigenvalue weighted by Gasteiger charge is -2.27. The Morgan fingerprint density at radius 1 is 1.14 bits per heavy atom. The van der Waals surface area contributed by atoms with Gasteiger partial charge in [-0.2, -0.15) is 0 Å². The topological polar surface area (TPSA) is 75.1 Å². The summed E-state index contributed by atoms with van der Waals surface area (Å²) in [6.45, 7) is -0.0157. The van der Waals surface area contributed by atoms with Crippen LogP contribution in [0.2, 0.25) is 0 Å². The predicted molar refractivity (Wildman–Crippen MR) is 83.2 cm³/mol. The van der Waals surface area contributed by atoms with Crippen LogP contribution in [0.5, 0.6) is 0 Å². The second-order valence-corrected chi connectivity index (χ2v) is 5.75. The van der Waals surface area contributed by atoms with Crippen LogP contribution in [0.4, 0.5) is 0 Å². The van der Waals surface area contributed by atoms with Crippen molar-refractivity contribution in [2.24, 2.45) is 0 Å². The third-order valence-electron chi connectivity index (χ3n) is 4.20. The molecule has 1 saturated carbocycles. The van der Waals surface area contributed by atoms with Gasteiger partial charge in [0, 0.05) is 12.4 Å². The Hall–Kier alpha value is -2.27. The summed E-state index contributed by atoms with van der Waals surface area (Å²) in [5.41, 5.74) is 1.54. The number of aliphatic hydroxyl groups is 1. The summed E-state index contributed by atoms with van der Waals surface area (Å²) >= 11 is 0. The fourth-order valence-corrected chi connectivity index (χ4v) is 2.88. The summed E-state index contributed by atoms with van der Waals surface area (Å²) in [6, 6.07) is 9.15. The van der Waals surface area contributed by atoms with Crippen molar-refractivity contribution in [3.05, 3.63) is 48.3 Å². The molecule has 0 aromatic carbocycles. The smallest absolute Gasteiger partial charge is 0.253 e. The molecular formula is C17H19N3O2. The number of aromatic nitrogens is 2. The maximum absolute atomic E-state index is 12.3. The van der Waals surface area contributed by atoms with Gasteiger partial charge in [-0.1, -0.05) is 18.9 Å². The van der Waals surface area contributed by atoms with E-state index in [2.05, 4.69) is 15.3 Å². The van der Waals surface area contributed by atoms with Gasteiger partial charge in [-0.15, -0.1) is 0 Å². The van der Waals surface area contributed by atoms with Crippen molar-refractivity contribution in [2.45, 2.75) is 31.2 Å². The van der Waals surface area contributed by atoms with Crippen LogP contribution in [0, 0.1) is 0 Å². The molecule has 1 amide bonds. The van der Waals surface area contributed by atoms with E-state index in [0.29, 0.717) is 5.56 Å². The van der Waals surface area contributed by atoms with E-state index in [1.165, 1.54) is 0 Å². The van der Waals surface area contributed by atoms with Crippen LogP contribution in [-0.2, 0) is 0 Å². The molecule has 0 spiro atoms. The van der Waals surface area contributed by atoms with Gasteiger partial charge >= 0.3 is 0 Å². The first kappa shape index (κ1) is 14.7. The van der Waals surface area contributed by atoms with Crippen molar-refractivity contribution in [3.63, 3.8) is 0 Å². The minimum atomic E-state index is -0.462. The lowest BCUT2D eigenvalue weighted by atomic mass is 9.98. The molecule has 2 aromatic rings. The van der Waals surface area contributed by atoms with Crippen molar-refractivity contribution in [1.82, 2.24) is 15.3 Å². The maximum Gasteiger partial charge on any atom is 0.253 e. The number of rotatable bonds is 4. The van der Waals surface area contributed by atoms with E-state index in [4.69, 9.17) is 0 Å². The van der Waals surface area contributed by atoms with Crippen molar-refractivity contribution in [1.29, 1.82) is 0 Å². The van der Waals surface area contributed by atoms with Crippen LogP contribution < -0.4 is 5.32 Å². The predicted octanol–water partition coefficient (Wildman–Crippen LogP) is 2.18. The molecule has 5 heteroatoms. The van der Waals surface area contributed by atoms with Gasteiger partial charge < -0.3 is 10.4 Å². The van der Waals surface area contributed by atoms with E-state index in [1.807, 2.05) is 18.2 Å². The monoisotopic (exact) mass is 297 g/mol. The Morgan fingerprint density at radius 2 is 1.91 bits per heavy atom. The second kappa shape index (κ2) is 6.23. The molecule has 0 bridgehead atoms. The molecule has 0 saturated heterocycles. The van der Waals surface area contributed by atoms with Crippen LogP contribution in [0.15, 0.2) is 42.7 Å². The van der Waals surface area contributed by atoms with Gasteiger partial charge in [0.1, 0.15) is 0 Å². The Labute approximate surface area is 129 Å². The van der Waals surface area contributed by atoms with Gasteiger partial charge in [-0.3, -0.25) is 14.8 Å². The van der Waals surface area contributed by atoms with Gasteiger partial charge in [0.25, 0.3) is 5.91 Å². The lowest BCUT2D eigenvalue weighted by Crippen LogP contribution is -2.49. The first-order chi connectivity index (χ1) is 10.7. The van der Waals surface area contributed by atoms with Crippen LogP contribution in [0.1, 0.15) is 36.0 Å². The van der Waals surface area contributed by atoms with E-state index in [9.17, 15) is 9.90 Å². The average Bonchev–Trinajstić information content (AvgIpc) is 3.05. The third-order valence-corrected chi connectivity index (χ3v) is 4.20. The number of nitrogens with one attached hydrogen (secondary N) is 1. The maximum atomic E-state index is 12.3. The Balaban J connectivity index is 1.74. The van der Waals surface area contributed by atoms with E-state index in [0.717, 1.165) is 37.1 Å². The van der Waals surface area contributed by atoms with Crippen molar-refractivity contribution in [3.8, 4) is 11.4 Å². The molecule has 22 heavy (non-hydrogen) atoms. The molecule has 5 nitrogen and oxygen atoms in total. The highest BCUT2D eigenvalue weighted by atomic mass is 16.3. The van der Waals surface area contributed by atoms with Gasteiger partial charge in [0.15, 0.2) is 0 Å². The molecule has 2 N–H and O–H groups in total. The lowest BCUT2D eigenvalue weighted by molar-refractivity contribution is 0.0838. The van der Waals surface area contributed by atoms with Gasteiger partial charge in [-0.05, 0) is 37.1 Å². The van der Waals surface area contributed by atoms with Crippen molar-refractivity contribution >= 4 is 5.91 Å². The normalized spacial score (nSPS) is 16.4. The number of nitrogens with zero attached hydrogens (tertiary/aromatic N) is 2. The number of aliphatic hydroxyl groups excluding tert-OH is 1. The standard InChI is InChI=1S/C17H19N3O2/c21-12-17(8-2-3-9-17)20-16(22)13-6-7-15(19-11-13)14-5-1-4-10-18-14/h1,4-7,10-11,21H,2-3,8-9,12H2,(H,20,22). The van der Waals surface area contributed by atoms with Crippen LogP contribution in [0.25, 0.3) is 11.4 Å². The van der Waals surface area contributed by atoms with E-state index in [-0.39, 0.29) is 12.5 Å². The minimum absolute atomic E-state index is 0.0157. The molecule has 1 aliphatic rings. The number of carbonyl (C=O) groups excluding carboxylic acids is 1. The van der Waals surface area contributed by atoms with Crippen molar-refractivity contribution in [2.75, 3.05) is 6.61 Å². The molecular weight excluding hydrogens is 278 g/mol. The summed E-state index contributed by atoms with van der Waals surface area (Å²) < 4.78 is 0. The molecule has 2 heterocycles. The molecule has 1 aliphatic carbocycles. The van der Waals surface area contributed by atoms with E-state index in [1.54, 1.807) is 24.5 Å². The first-order valence-corrected chi connectivity index (χ1v) is 7.53. The van der Waals surface area contributed by atoms with Crippen LogP contribution in [0.3, 0.4) is 0 Å². The summed E-state index contributed by atoms with van der Waals surface area (Å²) in [5, 5.41) is 12.5. The quantitative estimate of drug-likeness (QED) is 0.907. The number of hydrogen-bond donors (Lipinski definition) is 2. The van der Waals surface area contributed by atoms with E-state index < -0.39 is 5.54 Å². The fraction of sp³-hybridized carbons (Fsp3) is 0.353. The zero-order valence-corrected chi connectivity index (χ0v) is 12.3. The Bertz CT molecular complexity index is 635. The number of pyridine rings is 2. The number of hydrogen-bond acceptors (Lipinski definition) is 4. The zero-order valence-electron chi connectivity index (χ0n) is 12.3. The van der Waals surface area contributed by atoms with Gasteiger partial charge in [0.2, 0.25) is 0 Å². The molecule has 0 atom stereocenters. The summed E-state index contributed by atoms with van der Waals surface area (Å²) in [4.78, 5) is 20.9. The molecule has 1 fully saturated rings. The summed E-state index contributed by atoms with van der Waals surface area (Å²) in [7, 11) is 0. The highest BCUT2D eigenvalue weighted by Gasteiger charge is 2.34. The largest absolute Gasteiger partial charge is 0.394 e. The molecule has 2 aromatic heterocycles. The number of amides is 1. The highest BCUT2D eigenvalue weighted by molar-refractivity contribution is 5.94. The molecule has 0 aliphatic heterocycles. The zero-order chi connectivity index (χ0) is 15.4. The number of carbonyl (C=O) groups is 1. The molecule has 0 unspecified atom stereocenters. The van der Waals surface area contributed by atoms with Gasteiger partial charge in [0.05, 0.1) is 29.1 Å².